The molecule has 6 heteroatoms. The third-order valence-electron chi connectivity index (χ3n) is 4.24. The molecule has 2 aromatic carbocycles. The normalized spacial score (nSPS) is 11.6. The van der Waals surface area contributed by atoms with Crippen LogP contribution in [0.3, 0.4) is 0 Å². The van der Waals surface area contributed by atoms with E-state index in [0.717, 1.165) is 4.88 Å². The molecular formula is C22H17NO4S. The topological polar surface area (TPSA) is 61.6 Å². The number of aromatic nitrogens is 1. The van der Waals surface area contributed by atoms with Crippen molar-refractivity contribution in [1.29, 1.82) is 0 Å². The molecule has 5 nitrogen and oxygen atoms in total. The maximum atomic E-state index is 13.4. The quantitative estimate of drug-likeness (QED) is 0.328. The van der Waals surface area contributed by atoms with E-state index in [9.17, 15) is 4.79 Å². The molecule has 0 saturated heterocycles. The second-order valence-electron chi connectivity index (χ2n) is 5.96. The van der Waals surface area contributed by atoms with E-state index in [4.69, 9.17) is 13.9 Å². The Balaban J connectivity index is 1.83. The van der Waals surface area contributed by atoms with Gasteiger partial charge in [0.2, 0.25) is 5.89 Å². The Hall–Kier alpha value is -3.38. The average molecular weight is 391 g/mol. The van der Waals surface area contributed by atoms with Crippen LogP contribution in [0.5, 0.6) is 11.5 Å². The number of carbonyl (C=O) groups excluding carboxylic acids is 1. The molecule has 0 spiro atoms. The van der Waals surface area contributed by atoms with Gasteiger partial charge in [-0.25, -0.2) is 4.98 Å². The lowest BCUT2D eigenvalue weighted by atomic mass is 10.0. The largest absolute Gasteiger partial charge is 0.493 e. The summed E-state index contributed by atoms with van der Waals surface area (Å²) in [7, 11) is 3.09. The summed E-state index contributed by atoms with van der Waals surface area (Å²) in [6.45, 7) is 0. The highest BCUT2D eigenvalue weighted by Crippen LogP contribution is 2.32. The minimum Gasteiger partial charge on any atom is -0.493 e. The van der Waals surface area contributed by atoms with Gasteiger partial charge >= 0.3 is 0 Å². The van der Waals surface area contributed by atoms with Crippen LogP contribution < -0.4 is 9.47 Å². The second kappa shape index (κ2) is 7.70. The minimum atomic E-state index is -0.207. The Morgan fingerprint density at radius 3 is 2.57 bits per heavy atom. The number of ether oxygens (including phenoxy) is 2. The lowest BCUT2D eigenvalue weighted by Gasteiger charge is -2.09. The molecule has 0 aliphatic carbocycles. The monoisotopic (exact) mass is 391 g/mol. The van der Waals surface area contributed by atoms with Gasteiger partial charge in [0.1, 0.15) is 5.52 Å². The van der Waals surface area contributed by atoms with Gasteiger partial charge in [-0.3, -0.25) is 4.79 Å². The Labute approximate surface area is 165 Å². The van der Waals surface area contributed by atoms with Crippen molar-refractivity contribution in [2.24, 2.45) is 0 Å². The van der Waals surface area contributed by atoms with E-state index in [1.54, 1.807) is 31.4 Å². The number of hydrogen-bond donors (Lipinski definition) is 0. The zero-order chi connectivity index (χ0) is 19.5. The standard InChI is InChI=1S/C22H17NO4S/c1-25-19-10-9-14(12-20(19)26-2)21(24)16(13-15-6-5-11-28-15)22-23-17-7-3-4-8-18(17)27-22/h3-13H,1-2H3. The molecule has 0 atom stereocenters. The van der Waals surface area contributed by atoms with Crippen molar-refractivity contribution in [1.82, 2.24) is 4.98 Å². The summed E-state index contributed by atoms with van der Waals surface area (Å²) in [6.07, 6.45) is 1.80. The molecule has 4 rings (SSSR count). The summed E-state index contributed by atoms with van der Waals surface area (Å²) in [5, 5.41) is 1.95. The second-order valence-corrected chi connectivity index (χ2v) is 6.94. The number of carbonyl (C=O) groups is 1. The van der Waals surface area contributed by atoms with Crippen LogP contribution in [-0.2, 0) is 0 Å². The first kappa shape index (κ1) is 18.0. The Kier molecular flexibility index (Phi) is 4.95. The number of Topliss-reactive ketones (excluding diaryl/α,β-unsaturated/α-hetero) is 1. The SMILES string of the molecule is COc1ccc(C(=O)C(=Cc2cccs2)c2nc3ccccc3o2)cc1OC. The number of allylic oxidation sites excluding steroid dienone is 1. The van der Waals surface area contributed by atoms with Crippen molar-refractivity contribution in [2.45, 2.75) is 0 Å². The third kappa shape index (κ3) is 3.42. The van der Waals surface area contributed by atoms with Crippen LogP contribution in [0.2, 0.25) is 0 Å². The molecule has 140 valence electrons. The molecule has 0 unspecified atom stereocenters. The van der Waals surface area contributed by atoms with E-state index in [2.05, 4.69) is 4.98 Å². The molecule has 2 aromatic heterocycles. The molecule has 0 aliphatic rings. The van der Waals surface area contributed by atoms with Gasteiger partial charge in [0.15, 0.2) is 22.9 Å². The number of ketones is 1. The van der Waals surface area contributed by atoms with Gasteiger partial charge in [0.25, 0.3) is 0 Å². The van der Waals surface area contributed by atoms with E-state index in [1.165, 1.54) is 18.4 Å². The van der Waals surface area contributed by atoms with Gasteiger partial charge in [-0.05, 0) is 47.9 Å². The maximum Gasteiger partial charge on any atom is 0.231 e. The van der Waals surface area contributed by atoms with Crippen LogP contribution in [0.25, 0.3) is 22.7 Å². The zero-order valence-electron chi connectivity index (χ0n) is 15.3. The molecule has 28 heavy (non-hydrogen) atoms. The van der Waals surface area contributed by atoms with Gasteiger partial charge in [-0.1, -0.05) is 18.2 Å². The van der Waals surface area contributed by atoms with E-state index in [-0.39, 0.29) is 11.7 Å². The van der Waals surface area contributed by atoms with Crippen LogP contribution in [0.4, 0.5) is 0 Å². The lowest BCUT2D eigenvalue weighted by molar-refractivity contribution is 0.105. The number of rotatable bonds is 6. The van der Waals surface area contributed by atoms with Crippen LogP contribution in [0.1, 0.15) is 21.1 Å². The number of hydrogen-bond acceptors (Lipinski definition) is 6. The molecule has 0 amide bonds. The van der Waals surface area contributed by atoms with Crippen LogP contribution in [-0.4, -0.2) is 25.0 Å². The third-order valence-corrected chi connectivity index (χ3v) is 5.06. The van der Waals surface area contributed by atoms with Crippen molar-refractivity contribution in [3.8, 4) is 11.5 Å². The first-order valence-corrected chi connectivity index (χ1v) is 9.45. The molecule has 4 aromatic rings. The number of benzene rings is 2. The average Bonchev–Trinajstić information content (AvgIpc) is 3.40. The smallest absolute Gasteiger partial charge is 0.231 e. The van der Waals surface area contributed by atoms with Crippen molar-refractivity contribution >= 4 is 39.9 Å². The van der Waals surface area contributed by atoms with Gasteiger partial charge < -0.3 is 13.9 Å². The van der Waals surface area contributed by atoms with Crippen molar-refractivity contribution in [3.63, 3.8) is 0 Å². The first-order valence-electron chi connectivity index (χ1n) is 8.57. The number of fused-ring (bicyclic) bond motifs is 1. The summed E-state index contributed by atoms with van der Waals surface area (Å²) in [5.74, 6) is 1.13. The van der Waals surface area contributed by atoms with Crippen molar-refractivity contribution in [2.75, 3.05) is 14.2 Å². The highest BCUT2D eigenvalue weighted by atomic mass is 32.1. The van der Waals surface area contributed by atoms with Crippen LogP contribution in [0, 0.1) is 0 Å². The van der Waals surface area contributed by atoms with Crippen molar-refractivity contribution in [3.05, 3.63) is 76.3 Å². The number of nitrogens with zero attached hydrogens (tertiary/aromatic N) is 1. The molecule has 2 heterocycles. The fraction of sp³-hybridized carbons (Fsp3) is 0.0909. The molecule has 0 aliphatic heterocycles. The fourth-order valence-electron chi connectivity index (χ4n) is 2.86. The Morgan fingerprint density at radius 1 is 1.04 bits per heavy atom. The summed E-state index contributed by atoms with van der Waals surface area (Å²) < 4.78 is 16.5. The first-order chi connectivity index (χ1) is 13.7. The Morgan fingerprint density at radius 2 is 1.86 bits per heavy atom. The van der Waals surface area contributed by atoms with E-state index < -0.39 is 0 Å². The minimum absolute atomic E-state index is 0.207. The van der Waals surface area contributed by atoms with Gasteiger partial charge in [0.05, 0.1) is 19.8 Å². The van der Waals surface area contributed by atoms with E-state index in [0.29, 0.717) is 33.7 Å². The van der Waals surface area contributed by atoms with E-state index in [1.807, 2.05) is 41.8 Å². The molecular weight excluding hydrogens is 374 g/mol. The molecule has 0 bridgehead atoms. The number of oxazole rings is 1. The summed E-state index contributed by atoms with van der Waals surface area (Å²) in [5.41, 5.74) is 2.18. The molecule has 0 saturated carbocycles. The van der Waals surface area contributed by atoms with Crippen LogP contribution >= 0.6 is 11.3 Å². The lowest BCUT2D eigenvalue weighted by Crippen LogP contribution is -2.04. The number of methoxy groups -OCH3 is 2. The summed E-state index contributed by atoms with van der Waals surface area (Å²) >= 11 is 1.54. The summed E-state index contributed by atoms with van der Waals surface area (Å²) in [6, 6.07) is 16.4. The molecule has 0 radical (unpaired) electrons. The highest BCUT2D eigenvalue weighted by molar-refractivity contribution is 7.11. The van der Waals surface area contributed by atoms with Gasteiger partial charge in [-0.2, -0.15) is 0 Å². The predicted octanol–water partition coefficient (Wildman–Crippen LogP) is 5.33. The van der Waals surface area contributed by atoms with Crippen LogP contribution in [0.15, 0.2) is 64.4 Å². The van der Waals surface area contributed by atoms with Crippen molar-refractivity contribution < 1.29 is 18.7 Å². The zero-order valence-corrected chi connectivity index (χ0v) is 16.2. The van der Waals surface area contributed by atoms with Gasteiger partial charge in [0, 0.05) is 10.4 Å². The Bertz CT molecular complexity index is 1130. The number of thiophene rings is 1. The summed E-state index contributed by atoms with van der Waals surface area (Å²) in [4.78, 5) is 18.8. The molecule has 0 N–H and O–H groups in total. The highest BCUT2D eigenvalue weighted by Gasteiger charge is 2.21. The number of para-hydroxylation sites is 2. The fourth-order valence-corrected chi connectivity index (χ4v) is 3.52. The molecule has 0 fully saturated rings. The van der Waals surface area contributed by atoms with E-state index >= 15 is 0 Å². The van der Waals surface area contributed by atoms with Gasteiger partial charge in [-0.15, -0.1) is 11.3 Å². The predicted molar refractivity (Wildman–Crippen MR) is 110 cm³/mol. The maximum absolute atomic E-state index is 13.4.